The summed E-state index contributed by atoms with van der Waals surface area (Å²) >= 11 is 0. The molecule has 0 aliphatic heterocycles. The summed E-state index contributed by atoms with van der Waals surface area (Å²) in [4.78, 5) is 28.4. The van der Waals surface area contributed by atoms with Crippen LogP contribution in [0.4, 0.5) is 13.2 Å². The zero-order chi connectivity index (χ0) is 43.4. The van der Waals surface area contributed by atoms with E-state index in [0.717, 1.165) is 35.1 Å². The minimum absolute atomic E-state index is 0.00776. The van der Waals surface area contributed by atoms with Gasteiger partial charge in [0.15, 0.2) is 5.78 Å². The Morgan fingerprint density at radius 2 is 1.47 bits per heavy atom. The zero-order valence-electron chi connectivity index (χ0n) is 37.5. The molecule has 0 saturated carbocycles. The molecule has 2 aromatic rings. The first-order valence-corrected chi connectivity index (χ1v) is 20.9. The molecule has 0 aromatic heterocycles. The fourth-order valence-corrected chi connectivity index (χ4v) is 7.30. The highest BCUT2D eigenvalue weighted by Gasteiger charge is 2.49. The molecule has 2 aromatic carbocycles. The van der Waals surface area contributed by atoms with Crippen LogP contribution in [0.2, 0.25) is 0 Å². The Hall–Kier alpha value is -3.65. The Kier molecular flexibility index (Phi) is 18.1. The second-order valence-corrected chi connectivity index (χ2v) is 17.5. The second kappa shape index (κ2) is 20.9. The van der Waals surface area contributed by atoms with Gasteiger partial charge in [0.2, 0.25) is 0 Å². The van der Waals surface area contributed by atoms with Gasteiger partial charge in [0.25, 0.3) is 0 Å². The standard InChI is InChI=1S/C49H72F3NO4/c1-15-34(6)40(17-3)48(44(55)57-33-37-24-21-20-22-25-37,28-29-56-43(46(11,12)19-5)32-42(54)45(9,10)18-4)36(8)53-47(13,14)27-23-26-39-30-35(7)41(49(50,51)52)31-38(39)16-2/h20-26,30-32,36,53H,15-19,27-29,33H2,1-14H3/b26-23-,40-34+,43-32-/t36-,48?/m0/s1. The van der Waals surface area contributed by atoms with Crippen molar-refractivity contribution < 1.29 is 32.2 Å². The summed E-state index contributed by atoms with van der Waals surface area (Å²) < 4.78 is 53.9. The number of halogens is 3. The maximum atomic E-state index is 14.9. The molecule has 0 amide bonds. The van der Waals surface area contributed by atoms with E-state index in [9.17, 15) is 22.8 Å². The SMILES string of the molecule is CC/C(C)=C(\CC)C(CCO/C(=C\C(=O)C(C)(C)CC)C(C)(C)CC)(C(=O)OCc1ccccc1)[C@H](C)NC(C)(C)C/C=C\c1cc(C)c(C(F)(F)F)cc1CC. The van der Waals surface area contributed by atoms with Gasteiger partial charge in [-0.3, -0.25) is 9.59 Å². The summed E-state index contributed by atoms with van der Waals surface area (Å²) in [5.41, 5.74) is 1.33. The van der Waals surface area contributed by atoms with E-state index in [1.54, 1.807) is 12.1 Å². The minimum atomic E-state index is -4.41. The molecule has 318 valence electrons. The number of benzene rings is 2. The molecule has 0 bridgehead atoms. The van der Waals surface area contributed by atoms with Crippen LogP contribution in [0, 0.1) is 23.2 Å². The van der Waals surface area contributed by atoms with Gasteiger partial charge < -0.3 is 14.8 Å². The maximum Gasteiger partial charge on any atom is 0.416 e. The minimum Gasteiger partial charge on any atom is -0.497 e. The van der Waals surface area contributed by atoms with Crippen LogP contribution in [0.25, 0.3) is 6.08 Å². The fraction of sp³-hybridized carbons (Fsp3) is 0.592. The van der Waals surface area contributed by atoms with Crippen LogP contribution in [-0.2, 0) is 38.3 Å². The summed E-state index contributed by atoms with van der Waals surface area (Å²) in [5, 5.41) is 3.81. The van der Waals surface area contributed by atoms with Crippen LogP contribution in [-0.4, -0.2) is 29.9 Å². The van der Waals surface area contributed by atoms with Crippen molar-refractivity contribution >= 4 is 17.8 Å². The van der Waals surface area contributed by atoms with Crippen molar-refractivity contribution in [2.75, 3.05) is 6.61 Å². The summed E-state index contributed by atoms with van der Waals surface area (Å²) in [7, 11) is 0. The van der Waals surface area contributed by atoms with Crippen molar-refractivity contribution in [2.24, 2.45) is 16.2 Å². The average molecular weight is 796 g/mol. The van der Waals surface area contributed by atoms with Crippen molar-refractivity contribution in [2.45, 2.75) is 166 Å². The lowest BCUT2D eigenvalue weighted by molar-refractivity contribution is -0.158. The first-order chi connectivity index (χ1) is 26.5. The number of aryl methyl sites for hydroxylation is 2. The van der Waals surface area contributed by atoms with E-state index in [1.165, 1.54) is 13.0 Å². The predicted octanol–water partition coefficient (Wildman–Crippen LogP) is 13.3. The van der Waals surface area contributed by atoms with Crippen LogP contribution in [0.3, 0.4) is 0 Å². The van der Waals surface area contributed by atoms with Crippen LogP contribution in [0.15, 0.2) is 71.5 Å². The number of ketones is 1. The van der Waals surface area contributed by atoms with Crippen LogP contribution in [0.5, 0.6) is 0 Å². The number of carbonyl (C=O) groups is 2. The largest absolute Gasteiger partial charge is 0.497 e. The van der Waals surface area contributed by atoms with E-state index in [1.807, 2.05) is 77.1 Å². The highest BCUT2D eigenvalue weighted by atomic mass is 19.4. The lowest BCUT2D eigenvalue weighted by Gasteiger charge is -2.44. The Labute approximate surface area is 343 Å². The molecule has 8 heteroatoms. The molecule has 0 radical (unpaired) electrons. The van der Waals surface area contributed by atoms with E-state index in [0.29, 0.717) is 43.4 Å². The molecule has 5 nitrogen and oxygen atoms in total. The second-order valence-electron chi connectivity index (χ2n) is 17.5. The molecule has 1 unspecified atom stereocenters. The number of ether oxygens (including phenoxy) is 2. The highest BCUT2D eigenvalue weighted by molar-refractivity contribution is 5.94. The summed E-state index contributed by atoms with van der Waals surface area (Å²) in [6.45, 7) is 28.2. The molecule has 0 fully saturated rings. The van der Waals surface area contributed by atoms with Crippen molar-refractivity contribution in [1.82, 2.24) is 5.32 Å². The van der Waals surface area contributed by atoms with Gasteiger partial charge in [-0.2, -0.15) is 13.2 Å². The Morgan fingerprint density at radius 1 is 0.860 bits per heavy atom. The van der Waals surface area contributed by atoms with Crippen molar-refractivity contribution in [3.05, 3.63) is 99.3 Å². The van der Waals surface area contributed by atoms with Gasteiger partial charge in [0.05, 0.1) is 12.2 Å². The monoisotopic (exact) mass is 796 g/mol. The lowest BCUT2D eigenvalue weighted by atomic mass is 9.68. The predicted molar refractivity (Wildman–Crippen MR) is 230 cm³/mol. The van der Waals surface area contributed by atoms with Crippen LogP contribution < -0.4 is 5.32 Å². The Morgan fingerprint density at radius 3 is 2.00 bits per heavy atom. The highest BCUT2D eigenvalue weighted by Crippen LogP contribution is 2.44. The van der Waals surface area contributed by atoms with Gasteiger partial charge in [0, 0.05) is 34.9 Å². The Bertz CT molecular complexity index is 1730. The number of hydrogen-bond acceptors (Lipinski definition) is 5. The summed E-state index contributed by atoms with van der Waals surface area (Å²) in [6.07, 6.45) is 5.26. The number of alkyl halides is 3. The number of carbonyl (C=O) groups excluding carboxylic acids is 2. The molecule has 0 saturated heterocycles. The molecule has 57 heavy (non-hydrogen) atoms. The number of hydrogen-bond donors (Lipinski definition) is 1. The van der Waals surface area contributed by atoms with Crippen molar-refractivity contribution in [1.29, 1.82) is 0 Å². The molecule has 0 aliphatic rings. The lowest BCUT2D eigenvalue weighted by Crippen LogP contribution is -2.57. The van der Waals surface area contributed by atoms with Gasteiger partial charge >= 0.3 is 12.1 Å². The number of allylic oxidation sites excluding steroid dienone is 3. The zero-order valence-corrected chi connectivity index (χ0v) is 37.5. The van der Waals surface area contributed by atoms with Gasteiger partial charge in [-0.05, 0) is 101 Å². The van der Waals surface area contributed by atoms with Gasteiger partial charge in [-0.1, -0.05) is 122 Å². The third kappa shape index (κ3) is 13.2. The molecule has 2 rings (SSSR count). The van der Waals surface area contributed by atoms with E-state index in [-0.39, 0.29) is 30.5 Å². The molecular formula is C49H72F3NO4. The number of nitrogens with one attached hydrogen (secondary N) is 1. The molecule has 2 atom stereocenters. The molecular weight excluding hydrogens is 724 g/mol. The van der Waals surface area contributed by atoms with E-state index >= 15 is 0 Å². The van der Waals surface area contributed by atoms with Gasteiger partial charge in [-0.15, -0.1) is 0 Å². The first kappa shape index (κ1) is 49.5. The quantitative estimate of drug-likeness (QED) is 0.0556. The summed E-state index contributed by atoms with van der Waals surface area (Å²) in [5.74, 6) is 0.268. The smallest absolute Gasteiger partial charge is 0.416 e. The molecule has 0 spiro atoms. The van der Waals surface area contributed by atoms with E-state index in [2.05, 4.69) is 60.7 Å². The third-order valence-corrected chi connectivity index (χ3v) is 12.1. The topological polar surface area (TPSA) is 64.6 Å². The fourth-order valence-electron chi connectivity index (χ4n) is 7.30. The summed E-state index contributed by atoms with van der Waals surface area (Å²) in [6, 6.07) is 12.1. The Balaban J connectivity index is 2.66. The van der Waals surface area contributed by atoms with Gasteiger partial charge in [-0.25, -0.2) is 0 Å². The van der Waals surface area contributed by atoms with Gasteiger partial charge in [0.1, 0.15) is 17.8 Å². The van der Waals surface area contributed by atoms with E-state index in [4.69, 9.17) is 9.47 Å². The maximum absolute atomic E-state index is 14.9. The molecule has 0 heterocycles. The van der Waals surface area contributed by atoms with Crippen molar-refractivity contribution in [3.63, 3.8) is 0 Å². The molecule has 0 aliphatic carbocycles. The van der Waals surface area contributed by atoms with Crippen molar-refractivity contribution in [3.8, 4) is 0 Å². The van der Waals surface area contributed by atoms with E-state index < -0.39 is 39.6 Å². The normalized spacial score (nSPS) is 15.3. The molecule has 1 N–H and O–H groups in total. The average Bonchev–Trinajstić information content (AvgIpc) is 3.15. The van der Waals surface area contributed by atoms with Crippen LogP contribution >= 0.6 is 0 Å². The van der Waals surface area contributed by atoms with Crippen LogP contribution in [0.1, 0.15) is 156 Å². The third-order valence-electron chi connectivity index (χ3n) is 12.1. The first-order valence-electron chi connectivity index (χ1n) is 20.9. The number of esters is 1. The number of rotatable bonds is 22.